The summed E-state index contributed by atoms with van der Waals surface area (Å²) in [7, 11) is 0. The highest BCUT2D eigenvalue weighted by molar-refractivity contribution is 9.10. The molecule has 0 atom stereocenters. The first-order valence-electron chi connectivity index (χ1n) is 9.85. The number of benzene rings is 3. The number of hydrogen-bond donors (Lipinski definition) is 1. The lowest BCUT2D eigenvalue weighted by molar-refractivity contribution is -0.120. The maximum absolute atomic E-state index is 12.1. The molecule has 0 bridgehead atoms. The number of carbonyl (C=O) groups excluding carboxylic acids is 1. The van der Waals surface area contributed by atoms with E-state index in [1.807, 2.05) is 37.3 Å². The number of halogens is 3. The van der Waals surface area contributed by atoms with Gasteiger partial charge in [-0.25, -0.2) is 5.43 Å². The molecule has 166 valence electrons. The van der Waals surface area contributed by atoms with Crippen LogP contribution in [0.15, 0.2) is 70.2 Å². The van der Waals surface area contributed by atoms with Gasteiger partial charge in [-0.1, -0.05) is 53.5 Å². The third kappa shape index (κ3) is 6.99. The van der Waals surface area contributed by atoms with E-state index in [4.69, 9.17) is 32.7 Å². The van der Waals surface area contributed by atoms with Crippen molar-refractivity contribution >= 4 is 51.3 Å². The standard InChI is InChI=1S/C24H21BrCl2N2O3/c1-2-31-22-12-17(14-28-29-23(30)13-16-7-9-19(26)10-8-16)11-20(25)24(22)32-15-18-5-3-4-6-21(18)27/h3-12,14H,2,13,15H2,1H3,(H,29,30)/b28-14+. The van der Waals surface area contributed by atoms with Crippen molar-refractivity contribution in [3.05, 3.63) is 91.9 Å². The number of amides is 1. The number of carbonyl (C=O) groups is 1. The quantitative estimate of drug-likeness (QED) is 0.254. The van der Waals surface area contributed by atoms with Crippen molar-refractivity contribution in [1.82, 2.24) is 5.43 Å². The Labute approximate surface area is 205 Å². The average Bonchev–Trinajstić information content (AvgIpc) is 2.76. The number of nitrogens with one attached hydrogen (secondary N) is 1. The predicted molar refractivity (Wildman–Crippen MR) is 132 cm³/mol. The van der Waals surface area contributed by atoms with Crippen LogP contribution < -0.4 is 14.9 Å². The lowest BCUT2D eigenvalue weighted by Gasteiger charge is -2.15. The monoisotopic (exact) mass is 534 g/mol. The van der Waals surface area contributed by atoms with Crippen molar-refractivity contribution in [2.24, 2.45) is 5.10 Å². The molecule has 3 rings (SSSR count). The van der Waals surface area contributed by atoms with Crippen LogP contribution in [0.2, 0.25) is 10.0 Å². The summed E-state index contributed by atoms with van der Waals surface area (Å²) >= 11 is 15.6. The minimum atomic E-state index is -0.229. The molecular formula is C24H21BrCl2N2O3. The second-order valence-electron chi connectivity index (χ2n) is 6.74. The van der Waals surface area contributed by atoms with Crippen LogP contribution in [0.1, 0.15) is 23.6 Å². The molecule has 0 fully saturated rings. The van der Waals surface area contributed by atoms with Crippen LogP contribution in [-0.4, -0.2) is 18.7 Å². The maximum atomic E-state index is 12.1. The molecule has 0 aromatic heterocycles. The molecule has 0 unspecified atom stereocenters. The molecule has 0 aliphatic carbocycles. The maximum Gasteiger partial charge on any atom is 0.244 e. The molecule has 8 heteroatoms. The van der Waals surface area contributed by atoms with E-state index in [0.717, 1.165) is 16.7 Å². The molecule has 0 aliphatic heterocycles. The van der Waals surface area contributed by atoms with E-state index < -0.39 is 0 Å². The van der Waals surface area contributed by atoms with Crippen LogP contribution in [0.5, 0.6) is 11.5 Å². The Bertz CT molecular complexity index is 1100. The summed E-state index contributed by atoms with van der Waals surface area (Å²) in [4.78, 5) is 12.1. The Morgan fingerprint density at radius 1 is 1.09 bits per heavy atom. The van der Waals surface area contributed by atoms with Gasteiger partial charge < -0.3 is 9.47 Å². The van der Waals surface area contributed by atoms with E-state index in [-0.39, 0.29) is 12.3 Å². The Kier molecular flexibility index (Phi) is 8.97. The minimum Gasteiger partial charge on any atom is -0.490 e. The van der Waals surface area contributed by atoms with Gasteiger partial charge in [0.2, 0.25) is 5.91 Å². The fraction of sp³-hybridized carbons (Fsp3) is 0.167. The van der Waals surface area contributed by atoms with Crippen LogP contribution in [0, 0.1) is 0 Å². The van der Waals surface area contributed by atoms with Gasteiger partial charge >= 0.3 is 0 Å². The number of ether oxygens (including phenoxy) is 2. The smallest absolute Gasteiger partial charge is 0.244 e. The van der Waals surface area contributed by atoms with Gasteiger partial charge in [0.25, 0.3) is 0 Å². The zero-order valence-corrected chi connectivity index (χ0v) is 20.4. The molecule has 0 aliphatic rings. The first kappa shape index (κ1) is 24.1. The highest BCUT2D eigenvalue weighted by atomic mass is 79.9. The zero-order chi connectivity index (χ0) is 22.9. The zero-order valence-electron chi connectivity index (χ0n) is 17.3. The van der Waals surface area contributed by atoms with Crippen molar-refractivity contribution in [3.8, 4) is 11.5 Å². The van der Waals surface area contributed by atoms with Crippen molar-refractivity contribution < 1.29 is 14.3 Å². The van der Waals surface area contributed by atoms with Gasteiger partial charge in [0, 0.05) is 15.6 Å². The second kappa shape index (κ2) is 11.9. The highest BCUT2D eigenvalue weighted by Crippen LogP contribution is 2.37. The third-order valence-corrected chi connectivity index (χ3v) is 5.55. The molecule has 1 N–H and O–H groups in total. The Morgan fingerprint density at radius 3 is 2.56 bits per heavy atom. The molecule has 3 aromatic carbocycles. The van der Waals surface area contributed by atoms with Gasteiger partial charge in [-0.3, -0.25) is 4.79 Å². The first-order chi connectivity index (χ1) is 15.5. The average molecular weight is 536 g/mol. The summed E-state index contributed by atoms with van der Waals surface area (Å²) < 4.78 is 12.4. The van der Waals surface area contributed by atoms with E-state index in [2.05, 4.69) is 26.5 Å². The summed E-state index contributed by atoms with van der Waals surface area (Å²) in [6.07, 6.45) is 1.75. The lowest BCUT2D eigenvalue weighted by Crippen LogP contribution is -2.19. The second-order valence-corrected chi connectivity index (χ2v) is 8.44. The topological polar surface area (TPSA) is 59.9 Å². The third-order valence-electron chi connectivity index (χ3n) is 4.34. The van der Waals surface area contributed by atoms with Gasteiger partial charge in [-0.05, 0) is 64.3 Å². The van der Waals surface area contributed by atoms with Crippen molar-refractivity contribution in [2.45, 2.75) is 20.0 Å². The van der Waals surface area contributed by atoms with E-state index in [0.29, 0.717) is 39.2 Å². The molecule has 1 amide bonds. The highest BCUT2D eigenvalue weighted by Gasteiger charge is 2.13. The molecule has 0 heterocycles. The van der Waals surface area contributed by atoms with Crippen LogP contribution >= 0.6 is 39.1 Å². The van der Waals surface area contributed by atoms with Gasteiger partial charge in [0.15, 0.2) is 11.5 Å². The Hall–Kier alpha value is -2.54. The largest absolute Gasteiger partial charge is 0.490 e. The molecule has 0 saturated carbocycles. The van der Waals surface area contributed by atoms with Crippen molar-refractivity contribution in [3.63, 3.8) is 0 Å². The van der Waals surface area contributed by atoms with E-state index in [1.54, 1.807) is 36.5 Å². The molecular weight excluding hydrogens is 515 g/mol. The SMILES string of the molecule is CCOc1cc(/C=N/NC(=O)Cc2ccc(Cl)cc2)cc(Br)c1OCc1ccccc1Cl. The van der Waals surface area contributed by atoms with Crippen LogP contribution in [-0.2, 0) is 17.8 Å². The molecule has 0 saturated heterocycles. The fourth-order valence-corrected chi connectivity index (χ4v) is 3.73. The summed E-state index contributed by atoms with van der Waals surface area (Å²) in [6.45, 7) is 2.66. The molecule has 0 spiro atoms. The summed E-state index contributed by atoms with van der Waals surface area (Å²) in [5, 5.41) is 5.31. The predicted octanol–water partition coefficient (Wildman–Crippen LogP) is 6.43. The molecule has 5 nitrogen and oxygen atoms in total. The Balaban J connectivity index is 1.67. The van der Waals surface area contributed by atoms with Crippen molar-refractivity contribution in [1.29, 1.82) is 0 Å². The molecule has 0 radical (unpaired) electrons. The van der Waals surface area contributed by atoms with Crippen LogP contribution in [0.3, 0.4) is 0 Å². The summed E-state index contributed by atoms with van der Waals surface area (Å²) in [5.74, 6) is 0.894. The number of hydrazone groups is 1. The Morgan fingerprint density at radius 2 is 1.84 bits per heavy atom. The van der Waals surface area contributed by atoms with E-state index in [1.165, 1.54) is 0 Å². The van der Waals surface area contributed by atoms with Crippen molar-refractivity contribution in [2.75, 3.05) is 6.61 Å². The minimum absolute atomic E-state index is 0.206. The fourth-order valence-electron chi connectivity index (χ4n) is 2.84. The van der Waals surface area contributed by atoms with Gasteiger partial charge in [-0.15, -0.1) is 0 Å². The van der Waals surface area contributed by atoms with Gasteiger partial charge in [0.05, 0.1) is 23.7 Å². The van der Waals surface area contributed by atoms with Crippen LogP contribution in [0.4, 0.5) is 0 Å². The first-order valence-corrected chi connectivity index (χ1v) is 11.4. The number of hydrogen-bond acceptors (Lipinski definition) is 4. The molecule has 32 heavy (non-hydrogen) atoms. The van der Waals surface area contributed by atoms with Gasteiger partial charge in [-0.2, -0.15) is 5.10 Å². The summed E-state index contributed by atoms with van der Waals surface area (Å²) in [6, 6.07) is 18.2. The lowest BCUT2D eigenvalue weighted by atomic mass is 10.1. The van der Waals surface area contributed by atoms with Crippen LogP contribution in [0.25, 0.3) is 0 Å². The van der Waals surface area contributed by atoms with E-state index in [9.17, 15) is 4.79 Å². The number of rotatable bonds is 9. The molecule has 3 aromatic rings. The van der Waals surface area contributed by atoms with Gasteiger partial charge in [0.1, 0.15) is 6.61 Å². The number of nitrogens with zero attached hydrogens (tertiary/aromatic N) is 1. The van der Waals surface area contributed by atoms with E-state index >= 15 is 0 Å². The normalized spacial score (nSPS) is 10.9. The summed E-state index contributed by atoms with van der Waals surface area (Å²) in [5.41, 5.74) is 4.98.